The SMILES string of the molecule is Cc1cccc(NS(=O)(=O)c2cc(N)cc(F)c2)c1C#N. The molecule has 2 rings (SSSR count). The van der Waals surface area contributed by atoms with Crippen LogP contribution in [0.4, 0.5) is 15.8 Å². The fourth-order valence-corrected chi connectivity index (χ4v) is 2.98. The second-order valence-corrected chi connectivity index (χ2v) is 6.12. The van der Waals surface area contributed by atoms with Gasteiger partial charge < -0.3 is 5.73 Å². The van der Waals surface area contributed by atoms with E-state index in [9.17, 15) is 12.8 Å². The molecular formula is C14H12FN3O2S. The van der Waals surface area contributed by atoms with Crippen LogP contribution >= 0.6 is 0 Å². The molecule has 0 bridgehead atoms. The minimum atomic E-state index is -4.03. The van der Waals surface area contributed by atoms with Crippen molar-refractivity contribution in [1.82, 2.24) is 0 Å². The van der Waals surface area contributed by atoms with E-state index >= 15 is 0 Å². The van der Waals surface area contributed by atoms with Gasteiger partial charge in [0, 0.05) is 5.69 Å². The predicted molar refractivity (Wildman–Crippen MR) is 77.5 cm³/mol. The van der Waals surface area contributed by atoms with Crippen molar-refractivity contribution in [2.24, 2.45) is 0 Å². The minimum Gasteiger partial charge on any atom is -0.399 e. The Morgan fingerprint density at radius 1 is 1.29 bits per heavy atom. The first-order valence-corrected chi connectivity index (χ1v) is 7.40. The fraction of sp³-hybridized carbons (Fsp3) is 0.0714. The summed E-state index contributed by atoms with van der Waals surface area (Å²) in [6.07, 6.45) is 0. The molecule has 0 atom stereocenters. The number of anilines is 2. The molecular weight excluding hydrogens is 293 g/mol. The molecule has 0 heterocycles. The Morgan fingerprint density at radius 3 is 2.62 bits per heavy atom. The van der Waals surface area contributed by atoms with Crippen molar-refractivity contribution in [1.29, 1.82) is 5.26 Å². The summed E-state index contributed by atoms with van der Waals surface area (Å²) in [4.78, 5) is -0.301. The Labute approximate surface area is 121 Å². The van der Waals surface area contributed by atoms with Gasteiger partial charge in [0.25, 0.3) is 10.0 Å². The molecule has 2 aromatic rings. The molecule has 0 aromatic heterocycles. The average molecular weight is 305 g/mol. The van der Waals surface area contributed by atoms with Gasteiger partial charge in [-0.3, -0.25) is 4.72 Å². The lowest BCUT2D eigenvalue weighted by Gasteiger charge is -2.11. The number of sulfonamides is 1. The maximum Gasteiger partial charge on any atom is 0.262 e. The van der Waals surface area contributed by atoms with E-state index in [1.165, 1.54) is 6.07 Å². The van der Waals surface area contributed by atoms with Gasteiger partial charge >= 0.3 is 0 Å². The van der Waals surface area contributed by atoms with Crippen molar-refractivity contribution in [2.45, 2.75) is 11.8 Å². The van der Waals surface area contributed by atoms with Crippen LogP contribution in [0, 0.1) is 24.1 Å². The van der Waals surface area contributed by atoms with Gasteiger partial charge in [-0.15, -0.1) is 0 Å². The highest BCUT2D eigenvalue weighted by Crippen LogP contribution is 2.23. The lowest BCUT2D eigenvalue weighted by molar-refractivity contribution is 0.595. The third kappa shape index (κ3) is 3.12. The Balaban J connectivity index is 2.48. The number of nitrogens with one attached hydrogen (secondary N) is 1. The molecule has 108 valence electrons. The number of hydrogen-bond acceptors (Lipinski definition) is 4. The lowest BCUT2D eigenvalue weighted by atomic mass is 10.1. The fourth-order valence-electron chi connectivity index (χ4n) is 1.84. The van der Waals surface area contributed by atoms with E-state index in [0.29, 0.717) is 5.56 Å². The third-order valence-corrected chi connectivity index (χ3v) is 4.18. The van der Waals surface area contributed by atoms with E-state index in [1.54, 1.807) is 19.1 Å². The van der Waals surface area contributed by atoms with Gasteiger partial charge in [-0.1, -0.05) is 12.1 Å². The molecule has 0 radical (unpaired) electrons. The molecule has 2 aromatic carbocycles. The first-order valence-electron chi connectivity index (χ1n) is 5.92. The lowest BCUT2D eigenvalue weighted by Crippen LogP contribution is -2.14. The number of nitrogen functional groups attached to an aromatic ring is 1. The van der Waals surface area contributed by atoms with E-state index in [-0.39, 0.29) is 21.8 Å². The molecule has 0 amide bonds. The first kappa shape index (κ1) is 14.8. The zero-order chi connectivity index (χ0) is 15.6. The Morgan fingerprint density at radius 2 is 2.00 bits per heavy atom. The summed E-state index contributed by atoms with van der Waals surface area (Å²) >= 11 is 0. The summed E-state index contributed by atoms with van der Waals surface area (Å²) < 4.78 is 40.0. The highest BCUT2D eigenvalue weighted by Gasteiger charge is 2.18. The number of nitrogens with zero attached hydrogens (tertiary/aromatic N) is 1. The minimum absolute atomic E-state index is 0.000115. The molecule has 5 nitrogen and oxygen atoms in total. The number of aryl methyl sites for hydroxylation is 1. The normalized spacial score (nSPS) is 10.9. The molecule has 0 aliphatic heterocycles. The Hall–Kier alpha value is -2.59. The van der Waals surface area contributed by atoms with Crippen LogP contribution in [0.5, 0.6) is 0 Å². The van der Waals surface area contributed by atoms with Crippen LogP contribution in [0.15, 0.2) is 41.3 Å². The molecule has 0 saturated carbocycles. The van der Waals surface area contributed by atoms with Crippen molar-refractivity contribution in [3.05, 3.63) is 53.3 Å². The zero-order valence-electron chi connectivity index (χ0n) is 11.1. The summed E-state index contributed by atoms with van der Waals surface area (Å²) in [5, 5.41) is 9.09. The molecule has 7 heteroatoms. The Kier molecular flexibility index (Phi) is 3.82. The number of rotatable bonds is 3. The number of nitriles is 1. The number of halogens is 1. The molecule has 0 unspecified atom stereocenters. The Bertz CT molecular complexity index is 822. The summed E-state index contributed by atoms with van der Waals surface area (Å²) in [5.74, 6) is -0.750. The van der Waals surface area contributed by atoms with Gasteiger partial charge in [0.1, 0.15) is 11.9 Å². The summed E-state index contributed by atoms with van der Waals surface area (Å²) in [6, 6.07) is 9.74. The van der Waals surface area contributed by atoms with E-state index < -0.39 is 15.8 Å². The van der Waals surface area contributed by atoms with Crippen LogP contribution < -0.4 is 10.5 Å². The second kappa shape index (κ2) is 5.42. The third-order valence-electron chi connectivity index (χ3n) is 2.83. The predicted octanol–water partition coefficient (Wildman–Crippen LogP) is 2.39. The average Bonchev–Trinajstić information content (AvgIpc) is 2.37. The van der Waals surface area contributed by atoms with Crippen LogP contribution in [0.3, 0.4) is 0 Å². The van der Waals surface area contributed by atoms with Crippen molar-refractivity contribution in [3.63, 3.8) is 0 Å². The van der Waals surface area contributed by atoms with Gasteiger partial charge in [-0.25, -0.2) is 12.8 Å². The van der Waals surface area contributed by atoms with Gasteiger partial charge in [-0.2, -0.15) is 5.26 Å². The molecule has 3 N–H and O–H groups in total. The molecule has 0 fully saturated rings. The van der Waals surface area contributed by atoms with E-state index in [0.717, 1.165) is 18.2 Å². The first-order chi connectivity index (χ1) is 9.83. The van der Waals surface area contributed by atoms with E-state index in [2.05, 4.69) is 4.72 Å². The molecule has 0 aliphatic carbocycles. The monoisotopic (exact) mass is 305 g/mol. The summed E-state index contributed by atoms with van der Waals surface area (Å²) in [7, 11) is -4.03. The van der Waals surface area contributed by atoms with Gasteiger partial charge in [0.2, 0.25) is 0 Å². The summed E-state index contributed by atoms with van der Waals surface area (Å²) in [6.45, 7) is 1.69. The van der Waals surface area contributed by atoms with Crippen LogP contribution in [-0.2, 0) is 10.0 Å². The maximum atomic E-state index is 13.3. The maximum absolute atomic E-state index is 13.3. The smallest absolute Gasteiger partial charge is 0.262 e. The number of benzene rings is 2. The van der Waals surface area contributed by atoms with Crippen molar-refractivity contribution in [2.75, 3.05) is 10.5 Å². The van der Waals surface area contributed by atoms with Crippen molar-refractivity contribution < 1.29 is 12.8 Å². The molecule has 0 aliphatic rings. The molecule has 21 heavy (non-hydrogen) atoms. The van der Waals surface area contributed by atoms with Crippen LogP contribution in [0.2, 0.25) is 0 Å². The van der Waals surface area contributed by atoms with E-state index in [4.69, 9.17) is 11.0 Å². The standard InChI is InChI=1S/C14H12FN3O2S/c1-9-3-2-4-14(13(9)8-16)18-21(19,20)12-6-10(15)5-11(17)7-12/h2-7,18H,17H2,1H3. The van der Waals surface area contributed by atoms with Gasteiger partial charge in [0.15, 0.2) is 0 Å². The zero-order valence-corrected chi connectivity index (χ0v) is 11.9. The van der Waals surface area contributed by atoms with Crippen molar-refractivity contribution in [3.8, 4) is 6.07 Å². The van der Waals surface area contributed by atoms with Crippen LogP contribution in [0.1, 0.15) is 11.1 Å². The van der Waals surface area contributed by atoms with Crippen LogP contribution in [0.25, 0.3) is 0 Å². The highest BCUT2D eigenvalue weighted by molar-refractivity contribution is 7.92. The molecule has 0 saturated heterocycles. The topological polar surface area (TPSA) is 96.0 Å². The second-order valence-electron chi connectivity index (χ2n) is 4.44. The molecule has 0 spiro atoms. The number of nitrogens with two attached hydrogens (primary N) is 1. The highest BCUT2D eigenvalue weighted by atomic mass is 32.2. The largest absolute Gasteiger partial charge is 0.399 e. The van der Waals surface area contributed by atoms with E-state index in [1.807, 2.05) is 6.07 Å². The number of hydrogen-bond donors (Lipinski definition) is 2. The summed E-state index contributed by atoms with van der Waals surface area (Å²) in [5.41, 5.74) is 6.43. The quantitative estimate of drug-likeness (QED) is 0.851. The van der Waals surface area contributed by atoms with Crippen LogP contribution in [-0.4, -0.2) is 8.42 Å². The van der Waals surface area contributed by atoms with Gasteiger partial charge in [0.05, 0.1) is 16.1 Å². The van der Waals surface area contributed by atoms with Gasteiger partial charge in [-0.05, 0) is 36.8 Å². The van der Waals surface area contributed by atoms with Crippen molar-refractivity contribution >= 4 is 21.4 Å².